The van der Waals surface area contributed by atoms with E-state index < -0.39 is 0 Å². The molecule has 4 nitrogen and oxygen atoms in total. The van der Waals surface area contributed by atoms with Crippen molar-refractivity contribution in [2.24, 2.45) is 0 Å². The predicted molar refractivity (Wildman–Crippen MR) is 60.6 cm³/mol. The number of hydrogen-bond donors (Lipinski definition) is 0. The van der Waals surface area contributed by atoms with Gasteiger partial charge in [-0.3, -0.25) is 5.01 Å². The van der Waals surface area contributed by atoms with E-state index in [0.29, 0.717) is 5.69 Å². The molecule has 1 aromatic heterocycles. The summed E-state index contributed by atoms with van der Waals surface area (Å²) in [5.41, 5.74) is 1.44. The van der Waals surface area contributed by atoms with Crippen LogP contribution < -0.4 is 5.01 Å². The number of nitriles is 1. The summed E-state index contributed by atoms with van der Waals surface area (Å²) in [5.74, 6) is 0.780. The molecule has 0 fully saturated rings. The number of anilines is 1. The second-order valence-electron chi connectivity index (χ2n) is 3.44. The third-order valence-corrected chi connectivity index (χ3v) is 2.47. The monoisotopic (exact) mass is 208 g/mol. The summed E-state index contributed by atoms with van der Waals surface area (Å²) in [6, 6.07) is 5.68. The van der Waals surface area contributed by atoms with Gasteiger partial charge in [-0.25, -0.2) is 9.99 Å². The largest absolute Gasteiger partial charge is 0.263 e. The SMILES string of the molecule is N#Cc1ccc2c(n1)N1C=CC=CN1C=C2. The van der Waals surface area contributed by atoms with Gasteiger partial charge in [0.15, 0.2) is 5.82 Å². The maximum atomic E-state index is 8.84. The Morgan fingerprint density at radius 2 is 2.00 bits per heavy atom. The summed E-state index contributed by atoms with van der Waals surface area (Å²) < 4.78 is 0. The van der Waals surface area contributed by atoms with Gasteiger partial charge in [0.2, 0.25) is 0 Å². The van der Waals surface area contributed by atoms with E-state index in [4.69, 9.17) is 5.26 Å². The van der Waals surface area contributed by atoms with E-state index in [-0.39, 0.29) is 0 Å². The molecular formula is C12H8N4. The maximum Gasteiger partial charge on any atom is 0.160 e. The summed E-state index contributed by atoms with van der Waals surface area (Å²) in [4.78, 5) is 4.30. The van der Waals surface area contributed by atoms with E-state index in [9.17, 15) is 0 Å². The molecule has 0 unspecified atom stereocenters. The van der Waals surface area contributed by atoms with Gasteiger partial charge in [-0.05, 0) is 30.4 Å². The summed E-state index contributed by atoms with van der Waals surface area (Å²) in [6.45, 7) is 0. The van der Waals surface area contributed by atoms with Crippen molar-refractivity contribution in [3.05, 3.63) is 54.1 Å². The van der Waals surface area contributed by atoms with Crippen LogP contribution in [-0.2, 0) is 0 Å². The Kier molecular flexibility index (Phi) is 1.77. The van der Waals surface area contributed by atoms with Gasteiger partial charge in [0.25, 0.3) is 0 Å². The first-order valence-corrected chi connectivity index (χ1v) is 4.90. The van der Waals surface area contributed by atoms with Crippen molar-refractivity contribution < 1.29 is 0 Å². The van der Waals surface area contributed by atoms with Crippen molar-refractivity contribution in [1.82, 2.24) is 9.99 Å². The van der Waals surface area contributed by atoms with Crippen LogP contribution in [0.1, 0.15) is 11.3 Å². The summed E-state index contributed by atoms with van der Waals surface area (Å²) in [6.07, 6.45) is 11.6. The first-order chi connectivity index (χ1) is 7.88. The zero-order valence-corrected chi connectivity index (χ0v) is 8.41. The highest BCUT2D eigenvalue weighted by Gasteiger charge is 2.19. The lowest BCUT2D eigenvalue weighted by Gasteiger charge is -2.34. The molecule has 16 heavy (non-hydrogen) atoms. The minimum Gasteiger partial charge on any atom is -0.263 e. The smallest absolute Gasteiger partial charge is 0.160 e. The second kappa shape index (κ2) is 3.24. The quantitative estimate of drug-likeness (QED) is 0.654. The number of aromatic nitrogens is 1. The molecule has 0 bridgehead atoms. The molecule has 3 rings (SSSR count). The normalized spacial score (nSPS) is 15.7. The van der Waals surface area contributed by atoms with Crippen LogP contribution in [0.2, 0.25) is 0 Å². The van der Waals surface area contributed by atoms with Crippen molar-refractivity contribution >= 4 is 11.9 Å². The molecule has 0 amide bonds. The van der Waals surface area contributed by atoms with E-state index in [2.05, 4.69) is 11.1 Å². The number of hydrogen-bond acceptors (Lipinski definition) is 4. The Bertz CT molecular complexity index is 563. The first kappa shape index (κ1) is 8.74. The third kappa shape index (κ3) is 1.19. The Balaban J connectivity index is 2.15. The predicted octanol–water partition coefficient (Wildman–Crippen LogP) is 2.00. The molecule has 0 N–H and O–H groups in total. The fourth-order valence-corrected chi connectivity index (χ4v) is 1.71. The number of allylic oxidation sites excluding steroid dienone is 2. The topological polar surface area (TPSA) is 43.2 Å². The van der Waals surface area contributed by atoms with E-state index >= 15 is 0 Å². The van der Waals surface area contributed by atoms with Crippen LogP contribution in [0, 0.1) is 11.3 Å². The maximum absolute atomic E-state index is 8.84. The molecule has 0 saturated heterocycles. The number of rotatable bonds is 0. The third-order valence-electron chi connectivity index (χ3n) is 2.47. The summed E-state index contributed by atoms with van der Waals surface area (Å²) in [5, 5.41) is 12.7. The molecule has 0 radical (unpaired) electrons. The van der Waals surface area contributed by atoms with Crippen LogP contribution in [0.3, 0.4) is 0 Å². The van der Waals surface area contributed by atoms with Crippen LogP contribution in [0.15, 0.2) is 42.9 Å². The second-order valence-corrected chi connectivity index (χ2v) is 3.44. The average molecular weight is 208 g/mol. The lowest BCUT2D eigenvalue weighted by atomic mass is 10.2. The summed E-state index contributed by atoms with van der Waals surface area (Å²) in [7, 11) is 0. The first-order valence-electron chi connectivity index (χ1n) is 4.90. The number of nitrogens with zero attached hydrogens (tertiary/aromatic N) is 4. The molecule has 1 aromatic rings. The van der Waals surface area contributed by atoms with Gasteiger partial charge in [-0.2, -0.15) is 5.26 Å². The van der Waals surface area contributed by atoms with Gasteiger partial charge in [0, 0.05) is 24.2 Å². The van der Waals surface area contributed by atoms with E-state index in [1.165, 1.54) is 0 Å². The van der Waals surface area contributed by atoms with E-state index in [1.54, 1.807) is 6.07 Å². The van der Waals surface area contributed by atoms with Crippen LogP contribution >= 0.6 is 0 Å². The fourth-order valence-electron chi connectivity index (χ4n) is 1.71. The highest BCUT2D eigenvalue weighted by Crippen LogP contribution is 2.28. The van der Waals surface area contributed by atoms with Gasteiger partial charge in [0.1, 0.15) is 11.8 Å². The standard InChI is InChI=1S/C12H8N4/c13-9-11-4-3-10-5-8-15-6-1-2-7-16(15)12(10)14-11/h1-8H. The lowest BCUT2D eigenvalue weighted by molar-refractivity contribution is 0.499. The van der Waals surface area contributed by atoms with Gasteiger partial charge in [0.05, 0.1) is 0 Å². The molecule has 3 heterocycles. The zero-order chi connectivity index (χ0) is 11.0. The number of hydrazine groups is 1. The number of fused-ring (bicyclic) bond motifs is 3. The van der Waals surface area contributed by atoms with Gasteiger partial charge in [-0.15, -0.1) is 0 Å². The van der Waals surface area contributed by atoms with E-state index in [1.807, 2.05) is 52.9 Å². The van der Waals surface area contributed by atoms with Crippen LogP contribution in [0.5, 0.6) is 0 Å². The van der Waals surface area contributed by atoms with Crippen LogP contribution in [0.25, 0.3) is 6.08 Å². The molecule has 2 aliphatic rings. The molecule has 4 heteroatoms. The van der Waals surface area contributed by atoms with Gasteiger partial charge < -0.3 is 0 Å². The molecule has 76 valence electrons. The summed E-state index contributed by atoms with van der Waals surface area (Å²) >= 11 is 0. The van der Waals surface area contributed by atoms with E-state index in [0.717, 1.165) is 11.4 Å². The highest BCUT2D eigenvalue weighted by molar-refractivity contribution is 5.69. The number of pyridine rings is 1. The highest BCUT2D eigenvalue weighted by atomic mass is 15.6. The molecular weight excluding hydrogens is 200 g/mol. The van der Waals surface area contributed by atoms with Crippen molar-refractivity contribution in [2.75, 3.05) is 5.01 Å². The van der Waals surface area contributed by atoms with Gasteiger partial charge in [-0.1, -0.05) is 0 Å². The van der Waals surface area contributed by atoms with Crippen molar-refractivity contribution in [2.45, 2.75) is 0 Å². The zero-order valence-electron chi connectivity index (χ0n) is 8.41. The average Bonchev–Trinajstić information content (AvgIpc) is 2.38. The van der Waals surface area contributed by atoms with Gasteiger partial charge >= 0.3 is 0 Å². The molecule has 0 spiro atoms. The Hall–Kier alpha value is -2.54. The van der Waals surface area contributed by atoms with Crippen molar-refractivity contribution in [1.29, 1.82) is 5.26 Å². The molecule has 0 aromatic carbocycles. The minimum absolute atomic E-state index is 0.428. The Morgan fingerprint density at radius 3 is 2.88 bits per heavy atom. The molecule has 0 aliphatic carbocycles. The minimum atomic E-state index is 0.428. The van der Waals surface area contributed by atoms with Crippen LogP contribution in [0.4, 0.5) is 5.82 Å². The fraction of sp³-hybridized carbons (Fsp3) is 0. The Morgan fingerprint density at radius 1 is 1.12 bits per heavy atom. The lowest BCUT2D eigenvalue weighted by Crippen LogP contribution is -2.35. The Labute approximate surface area is 93.0 Å². The molecule has 0 atom stereocenters. The molecule has 2 aliphatic heterocycles. The van der Waals surface area contributed by atoms with Crippen LogP contribution in [-0.4, -0.2) is 9.99 Å². The van der Waals surface area contributed by atoms with Crippen molar-refractivity contribution in [3.8, 4) is 6.07 Å². The molecule has 0 saturated carbocycles. The van der Waals surface area contributed by atoms with Crippen molar-refractivity contribution in [3.63, 3.8) is 0 Å².